The highest BCUT2D eigenvalue weighted by Gasteiger charge is 2.34. The van der Waals surface area contributed by atoms with Gasteiger partial charge in [-0.25, -0.2) is 4.98 Å². The summed E-state index contributed by atoms with van der Waals surface area (Å²) in [7, 11) is 1.09. The number of alkyl halides is 4. The van der Waals surface area contributed by atoms with Crippen molar-refractivity contribution in [1.82, 2.24) is 4.98 Å². The maximum Gasteiger partial charge on any atom is 0.574 e. The molecule has 1 heterocycles. The molecule has 0 radical (unpaired) electrons. The Kier molecular flexibility index (Phi) is 4.82. The third-order valence-electron chi connectivity index (χ3n) is 2.08. The van der Waals surface area contributed by atoms with E-state index in [9.17, 15) is 18.0 Å². The molecule has 0 unspecified atom stereocenters. The van der Waals surface area contributed by atoms with Gasteiger partial charge in [-0.3, -0.25) is 4.79 Å². The highest BCUT2D eigenvalue weighted by Crippen LogP contribution is 2.35. The maximum absolute atomic E-state index is 12.2. The normalized spacial score (nSPS) is 11.2. The molecule has 19 heavy (non-hydrogen) atoms. The molecule has 0 spiro atoms. The molecule has 1 aromatic rings. The Labute approximate surface area is 110 Å². The number of halogens is 4. The van der Waals surface area contributed by atoms with Gasteiger partial charge < -0.3 is 14.6 Å². The summed E-state index contributed by atoms with van der Waals surface area (Å²) in [6.45, 7) is 0. The number of hydrogen-bond acceptors (Lipinski definition) is 4. The second-order valence-electron chi connectivity index (χ2n) is 3.35. The predicted octanol–water partition coefficient (Wildman–Crippen LogP) is 2.35. The molecule has 0 saturated heterocycles. The second-order valence-corrected chi connectivity index (χ2v) is 3.62. The van der Waals surface area contributed by atoms with E-state index in [2.05, 4.69) is 9.72 Å². The Morgan fingerprint density at radius 1 is 1.53 bits per heavy atom. The van der Waals surface area contributed by atoms with Gasteiger partial charge in [-0.2, -0.15) is 0 Å². The van der Waals surface area contributed by atoms with Crippen molar-refractivity contribution < 1.29 is 32.5 Å². The van der Waals surface area contributed by atoms with Crippen LogP contribution in [0.5, 0.6) is 11.6 Å². The van der Waals surface area contributed by atoms with Gasteiger partial charge in [0.1, 0.15) is 0 Å². The number of carboxylic acid groups (broad SMARTS) is 1. The zero-order valence-electron chi connectivity index (χ0n) is 9.62. The average Bonchev–Trinajstić information content (AvgIpc) is 2.27. The summed E-state index contributed by atoms with van der Waals surface area (Å²) >= 11 is 5.58. The molecule has 1 aromatic heterocycles. The number of pyridine rings is 1. The number of carboxylic acids is 1. The van der Waals surface area contributed by atoms with Gasteiger partial charge in [0.25, 0.3) is 5.88 Å². The lowest BCUT2D eigenvalue weighted by molar-refractivity contribution is -0.276. The number of methoxy groups -OCH3 is 1. The van der Waals surface area contributed by atoms with Gasteiger partial charge in [0.05, 0.1) is 13.5 Å². The van der Waals surface area contributed by atoms with Crippen molar-refractivity contribution in [2.75, 3.05) is 7.11 Å². The minimum Gasteiger partial charge on any atom is -0.491 e. The summed E-state index contributed by atoms with van der Waals surface area (Å²) < 4.78 is 45.0. The fourth-order valence-electron chi connectivity index (χ4n) is 1.40. The third kappa shape index (κ3) is 4.16. The summed E-state index contributed by atoms with van der Waals surface area (Å²) in [5, 5.41) is 8.75. The topological polar surface area (TPSA) is 68.7 Å². The number of hydrogen-bond donors (Lipinski definition) is 1. The predicted molar refractivity (Wildman–Crippen MR) is 58.4 cm³/mol. The van der Waals surface area contributed by atoms with Crippen LogP contribution in [0.3, 0.4) is 0 Å². The Morgan fingerprint density at radius 3 is 2.58 bits per heavy atom. The van der Waals surface area contributed by atoms with E-state index in [-0.39, 0.29) is 17.0 Å². The zero-order chi connectivity index (χ0) is 14.6. The lowest BCUT2D eigenvalue weighted by atomic mass is 10.1. The molecule has 0 atom stereocenters. The standard InChI is InChI=1S/C10H9ClF3NO4/c1-18-8-6(2-7(16)17)5(3-11)4-15-9(8)19-10(12,13)14/h4H,2-3H2,1H3,(H,16,17). The van der Waals surface area contributed by atoms with Crippen molar-refractivity contribution in [3.05, 3.63) is 17.3 Å². The fourth-order valence-corrected chi connectivity index (χ4v) is 1.63. The molecular formula is C10H9ClF3NO4. The zero-order valence-corrected chi connectivity index (χ0v) is 10.4. The van der Waals surface area contributed by atoms with E-state index in [1.807, 2.05) is 0 Å². The highest BCUT2D eigenvalue weighted by atomic mass is 35.5. The molecule has 0 saturated carbocycles. The molecule has 9 heteroatoms. The van der Waals surface area contributed by atoms with Gasteiger partial charge in [-0.15, -0.1) is 24.8 Å². The average molecular weight is 300 g/mol. The number of rotatable bonds is 5. The third-order valence-corrected chi connectivity index (χ3v) is 2.37. The van der Waals surface area contributed by atoms with E-state index in [0.717, 1.165) is 13.3 Å². The van der Waals surface area contributed by atoms with Crippen molar-refractivity contribution in [2.45, 2.75) is 18.7 Å². The SMILES string of the molecule is COc1c(OC(F)(F)F)ncc(CCl)c1CC(=O)O. The van der Waals surface area contributed by atoms with Gasteiger partial charge in [0.2, 0.25) is 0 Å². The summed E-state index contributed by atoms with van der Waals surface area (Å²) in [5.41, 5.74) is 0.259. The van der Waals surface area contributed by atoms with Gasteiger partial charge in [-0.1, -0.05) is 0 Å². The van der Waals surface area contributed by atoms with Crippen LogP contribution in [0.25, 0.3) is 0 Å². The molecule has 1 N–H and O–H groups in total. The second kappa shape index (κ2) is 5.96. The first-order valence-corrected chi connectivity index (χ1v) is 5.40. The molecule has 1 rings (SSSR count). The Bertz CT molecular complexity index is 479. The van der Waals surface area contributed by atoms with E-state index in [1.54, 1.807) is 0 Å². The van der Waals surface area contributed by atoms with Gasteiger partial charge >= 0.3 is 12.3 Å². The van der Waals surface area contributed by atoms with Crippen molar-refractivity contribution >= 4 is 17.6 Å². The summed E-state index contributed by atoms with van der Waals surface area (Å²) in [4.78, 5) is 14.1. The monoisotopic (exact) mass is 299 g/mol. The van der Waals surface area contributed by atoms with Crippen molar-refractivity contribution in [2.24, 2.45) is 0 Å². The van der Waals surface area contributed by atoms with Crippen LogP contribution in [0.4, 0.5) is 13.2 Å². The molecule has 0 bridgehead atoms. The van der Waals surface area contributed by atoms with Crippen LogP contribution >= 0.6 is 11.6 Å². The Morgan fingerprint density at radius 2 is 2.16 bits per heavy atom. The van der Waals surface area contributed by atoms with Crippen molar-refractivity contribution in [3.63, 3.8) is 0 Å². The van der Waals surface area contributed by atoms with E-state index in [4.69, 9.17) is 21.4 Å². The molecule has 106 valence electrons. The number of nitrogens with zero attached hydrogens (tertiary/aromatic N) is 1. The molecular weight excluding hydrogens is 291 g/mol. The minimum absolute atomic E-state index is 0.000694. The first kappa shape index (κ1) is 15.4. The number of aliphatic carboxylic acids is 1. The molecule has 0 aliphatic heterocycles. The first-order chi connectivity index (χ1) is 8.78. The summed E-state index contributed by atoms with van der Waals surface area (Å²) in [6.07, 6.45) is -4.49. The van der Waals surface area contributed by atoms with Gasteiger partial charge in [0, 0.05) is 17.6 Å². The van der Waals surface area contributed by atoms with Gasteiger partial charge in [0.15, 0.2) is 5.75 Å². The lowest BCUT2D eigenvalue weighted by Gasteiger charge is -2.15. The molecule has 0 fully saturated rings. The van der Waals surface area contributed by atoms with Crippen LogP contribution in [-0.4, -0.2) is 29.5 Å². The van der Waals surface area contributed by atoms with Crippen LogP contribution in [0.1, 0.15) is 11.1 Å². The van der Waals surface area contributed by atoms with E-state index in [0.29, 0.717) is 0 Å². The molecule has 0 aliphatic rings. The minimum atomic E-state index is -4.96. The van der Waals surface area contributed by atoms with Gasteiger partial charge in [-0.05, 0) is 5.56 Å². The van der Waals surface area contributed by atoms with E-state index >= 15 is 0 Å². The Hall–Kier alpha value is -1.70. The van der Waals surface area contributed by atoms with Crippen LogP contribution in [0.15, 0.2) is 6.20 Å². The molecule has 0 amide bonds. The largest absolute Gasteiger partial charge is 0.574 e. The molecule has 0 aliphatic carbocycles. The summed E-state index contributed by atoms with van der Waals surface area (Å²) in [5.74, 6) is -2.59. The first-order valence-electron chi connectivity index (χ1n) is 4.86. The van der Waals surface area contributed by atoms with Crippen LogP contribution in [-0.2, 0) is 17.1 Å². The van der Waals surface area contributed by atoms with Crippen molar-refractivity contribution in [1.29, 1.82) is 0 Å². The number of ether oxygens (including phenoxy) is 2. The van der Waals surface area contributed by atoms with E-state index in [1.165, 1.54) is 0 Å². The Balaban J connectivity index is 3.31. The number of carbonyl (C=O) groups is 1. The van der Waals surface area contributed by atoms with Crippen LogP contribution in [0, 0.1) is 0 Å². The van der Waals surface area contributed by atoms with Crippen LogP contribution < -0.4 is 9.47 Å². The van der Waals surface area contributed by atoms with Crippen LogP contribution in [0.2, 0.25) is 0 Å². The number of aromatic nitrogens is 1. The highest BCUT2D eigenvalue weighted by molar-refractivity contribution is 6.17. The van der Waals surface area contributed by atoms with E-state index < -0.39 is 30.4 Å². The fraction of sp³-hybridized carbons (Fsp3) is 0.400. The quantitative estimate of drug-likeness (QED) is 0.845. The smallest absolute Gasteiger partial charge is 0.491 e. The maximum atomic E-state index is 12.2. The van der Waals surface area contributed by atoms with Crippen molar-refractivity contribution in [3.8, 4) is 11.6 Å². The lowest BCUT2D eigenvalue weighted by Crippen LogP contribution is -2.19. The molecule has 5 nitrogen and oxygen atoms in total. The summed E-state index contributed by atoms with van der Waals surface area (Å²) in [6, 6.07) is 0. The molecule has 0 aromatic carbocycles.